The van der Waals surface area contributed by atoms with E-state index in [0.29, 0.717) is 17.9 Å². The third-order valence-corrected chi connectivity index (χ3v) is 5.46. The molecule has 0 aliphatic heterocycles. The van der Waals surface area contributed by atoms with Gasteiger partial charge in [-0.1, -0.05) is 39.5 Å². The summed E-state index contributed by atoms with van der Waals surface area (Å²) in [5, 5.41) is 3.35. The molecule has 110 valence electrons. The first-order chi connectivity index (χ1) is 9.13. The van der Waals surface area contributed by atoms with E-state index in [4.69, 9.17) is 5.73 Å². The van der Waals surface area contributed by atoms with E-state index in [0.717, 1.165) is 25.7 Å². The zero-order valence-electron chi connectivity index (χ0n) is 12.5. The van der Waals surface area contributed by atoms with E-state index in [1.807, 2.05) is 0 Å². The standard InChI is InChI=1S/C16H30N2O/c1-3-12-7-4-5-10-15(12)18-16(19)13-8-6-9-14(17)11(13)2/h11-15H,3-10,17H2,1-2H3,(H,18,19). The number of hydrogen-bond acceptors (Lipinski definition) is 2. The molecule has 0 aromatic carbocycles. The maximum atomic E-state index is 12.5. The lowest BCUT2D eigenvalue weighted by Gasteiger charge is -2.36. The number of nitrogens with two attached hydrogens (primary N) is 1. The highest BCUT2D eigenvalue weighted by Crippen LogP contribution is 2.31. The smallest absolute Gasteiger partial charge is 0.223 e. The highest BCUT2D eigenvalue weighted by molar-refractivity contribution is 5.79. The van der Waals surface area contributed by atoms with E-state index >= 15 is 0 Å². The fraction of sp³-hybridized carbons (Fsp3) is 0.938. The van der Waals surface area contributed by atoms with Gasteiger partial charge >= 0.3 is 0 Å². The Morgan fingerprint density at radius 2 is 1.89 bits per heavy atom. The van der Waals surface area contributed by atoms with Crippen LogP contribution >= 0.6 is 0 Å². The molecule has 3 nitrogen and oxygen atoms in total. The number of carbonyl (C=O) groups is 1. The van der Waals surface area contributed by atoms with Crippen molar-refractivity contribution in [3.63, 3.8) is 0 Å². The zero-order chi connectivity index (χ0) is 13.8. The normalized spacial score (nSPS) is 39.8. The zero-order valence-corrected chi connectivity index (χ0v) is 12.5. The summed E-state index contributed by atoms with van der Waals surface area (Å²) in [4.78, 5) is 12.5. The molecular weight excluding hydrogens is 236 g/mol. The molecule has 0 radical (unpaired) electrons. The van der Waals surface area contributed by atoms with Crippen LogP contribution in [0.2, 0.25) is 0 Å². The molecule has 0 saturated heterocycles. The van der Waals surface area contributed by atoms with Gasteiger partial charge in [0.2, 0.25) is 5.91 Å². The van der Waals surface area contributed by atoms with E-state index in [2.05, 4.69) is 19.2 Å². The van der Waals surface area contributed by atoms with E-state index < -0.39 is 0 Å². The summed E-state index contributed by atoms with van der Waals surface area (Å²) in [6.07, 6.45) is 9.42. The van der Waals surface area contributed by atoms with Gasteiger partial charge in [-0.25, -0.2) is 0 Å². The fourth-order valence-corrected chi connectivity index (χ4v) is 3.94. The molecule has 2 fully saturated rings. The number of carbonyl (C=O) groups excluding carboxylic acids is 1. The molecule has 0 aromatic rings. The van der Waals surface area contributed by atoms with Gasteiger partial charge in [0.05, 0.1) is 0 Å². The lowest BCUT2D eigenvalue weighted by Crippen LogP contribution is -2.49. The van der Waals surface area contributed by atoms with Gasteiger partial charge in [-0.3, -0.25) is 4.79 Å². The molecule has 0 heterocycles. The summed E-state index contributed by atoms with van der Waals surface area (Å²) < 4.78 is 0. The maximum Gasteiger partial charge on any atom is 0.223 e. The highest BCUT2D eigenvalue weighted by Gasteiger charge is 2.34. The van der Waals surface area contributed by atoms with Crippen LogP contribution in [0.4, 0.5) is 0 Å². The monoisotopic (exact) mass is 266 g/mol. The Morgan fingerprint density at radius 1 is 1.16 bits per heavy atom. The Morgan fingerprint density at radius 3 is 2.63 bits per heavy atom. The van der Waals surface area contributed by atoms with E-state index in [1.165, 1.54) is 25.7 Å². The van der Waals surface area contributed by atoms with Crippen molar-refractivity contribution < 1.29 is 4.79 Å². The van der Waals surface area contributed by atoms with Crippen molar-refractivity contribution in [1.82, 2.24) is 5.32 Å². The molecule has 19 heavy (non-hydrogen) atoms. The Labute approximate surface area is 117 Å². The van der Waals surface area contributed by atoms with Crippen molar-refractivity contribution in [2.75, 3.05) is 0 Å². The van der Waals surface area contributed by atoms with Crippen LogP contribution in [-0.4, -0.2) is 18.0 Å². The van der Waals surface area contributed by atoms with Crippen molar-refractivity contribution in [1.29, 1.82) is 0 Å². The van der Waals surface area contributed by atoms with Crippen molar-refractivity contribution in [2.24, 2.45) is 23.5 Å². The molecule has 2 aliphatic rings. The van der Waals surface area contributed by atoms with Crippen LogP contribution in [0.15, 0.2) is 0 Å². The molecule has 0 aromatic heterocycles. The summed E-state index contributed by atoms with van der Waals surface area (Å²) in [7, 11) is 0. The number of hydrogen-bond donors (Lipinski definition) is 2. The third kappa shape index (κ3) is 3.50. The minimum Gasteiger partial charge on any atom is -0.353 e. The first-order valence-electron chi connectivity index (χ1n) is 8.19. The van der Waals surface area contributed by atoms with Crippen LogP contribution in [0.25, 0.3) is 0 Å². The molecule has 2 saturated carbocycles. The lowest BCUT2D eigenvalue weighted by atomic mass is 9.76. The summed E-state index contributed by atoms with van der Waals surface area (Å²) in [6, 6.07) is 0.620. The molecule has 3 N–H and O–H groups in total. The molecule has 1 amide bonds. The van der Waals surface area contributed by atoms with E-state index in [-0.39, 0.29) is 17.9 Å². The summed E-state index contributed by atoms with van der Waals surface area (Å²) in [6.45, 7) is 4.39. The van der Waals surface area contributed by atoms with Gasteiger partial charge in [0, 0.05) is 18.0 Å². The molecule has 3 heteroatoms. The number of rotatable bonds is 3. The van der Waals surface area contributed by atoms with Crippen molar-refractivity contribution in [3.8, 4) is 0 Å². The molecule has 5 atom stereocenters. The minimum atomic E-state index is 0.142. The molecule has 0 bridgehead atoms. The molecule has 2 aliphatic carbocycles. The largest absolute Gasteiger partial charge is 0.353 e. The van der Waals surface area contributed by atoms with Crippen LogP contribution in [0.1, 0.15) is 65.2 Å². The molecule has 2 rings (SSSR count). The second-order valence-electron chi connectivity index (χ2n) is 6.63. The molecular formula is C16H30N2O. The van der Waals surface area contributed by atoms with E-state index in [9.17, 15) is 4.79 Å². The summed E-state index contributed by atoms with van der Waals surface area (Å²) in [5.41, 5.74) is 6.11. The number of nitrogens with one attached hydrogen (secondary N) is 1. The quantitative estimate of drug-likeness (QED) is 0.825. The Kier molecular flexibility index (Phi) is 5.26. The van der Waals surface area contributed by atoms with Gasteiger partial charge in [0.25, 0.3) is 0 Å². The second kappa shape index (κ2) is 6.74. The Hall–Kier alpha value is -0.570. The summed E-state index contributed by atoms with van der Waals surface area (Å²) in [5.74, 6) is 1.43. The Bertz CT molecular complexity index is 305. The van der Waals surface area contributed by atoms with Gasteiger partial charge in [-0.2, -0.15) is 0 Å². The van der Waals surface area contributed by atoms with Crippen molar-refractivity contribution >= 4 is 5.91 Å². The van der Waals surface area contributed by atoms with E-state index in [1.54, 1.807) is 0 Å². The third-order valence-electron chi connectivity index (χ3n) is 5.46. The van der Waals surface area contributed by atoms with Crippen LogP contribution < -0.4 is 11.1 Å². The fourth-order valence-electron chi connectivity index (χ4n) is 3.94. The van der Waals surface area contributed by atoms with Crippen LogP contribution in [0.5, 0.6) is 0 Å². The first-order valence-corrected chi connectivity index (χ1v) is 8.19. The predicted octanol–water partition coefficient (Wildman–Crippen LogP) is 2.83. The van der Waals surface area contributed by atoms with Crippen LogP contribution in [0, 0.1) is 17.8 Å². The second-order valence-corrected chi connectivity index (χ2v) is 6.63. The average molecular weight is 266 g/mol. The molecule has 5 unspecified atom stereocenters. The minimum absolute atomic E-state index is 0.142. The van der Waals surface area contributed by atoms with Gasteiger partial charge in [0.15, 0.2) is 0 Å². The lowest BCUT2D eigenvalue weighted by molar-refractivity contribution is -0.129. The first kappa shape index (κ1) is 14.8. The van der Waals surface area contributed by atoms with Gasteiger partial charge in [-0.05, 0) is 37.5 Å². The maximum absolute atomic E-state index is 12.5. The topological polar surface area (TPSA) is 55.1 Å². The highest BCUT2D eigenvalue weighted by atomic mass is 16.2. The van der Waals surface area contributed by atoms with Gasteiger partial charge in [-0.15, -0.1) is 0 Å². The van der Waals surface area contributed by atoms with Crippen LogP contribution in [-0.2, 0) is 4.79 Å². The SMILES string of the molecule is CCC1CCCCC1NC(=O)C1CCCC(N)C1C. The van der Waals surface area contributed by atoms with Gasteiger partial charge < -0.3 is 11.1 Å². The molecule has 0 spiro atoms. The average Bonchev–Trinajstić information content (AvgIpc) is 2.42. The summed E-state index contributed by atoms with van der Waals surface area (Å²) >= 11 is 0. The van der Waals surface area contributed by atoms with Crippen molar-refractivity contribution in [2.45, 2.75) is 77.3 Å². The van der Waals surface area contributed by atoms with Crippen molar-refractivity contribution in [3.05, 3.63) is 0 Å². The predicted molar refractivity (Wildman–Crippen MR) is 78.7 cm³/mol. The number of amides is 1. The van der Waals surface area contributed by atoms with Crippen LogP contribution in [0.3, 0.4) is 0 Å². The van der Waals surface area contributed by atoms with Gasteiger partial charge in [0.1, 0.15) is 0 Å². The Balaban J connectivity index is 1.92.